The summed E-state index contributed by atoms with van der Waals surface area (Å²) in [6.07, 6.45) is 1.20. The maximum atomic E-state index is 6.04. The van der Waals surface area contributed by atoms with Gasteiger partial charge in [-0.1, -0.05) is 25.4 Å². The second-order valence-corrected chi connectivity index (χ2v) is 5.47. The van der Waals surface area contributed by atoms with E-state index in [0.717, 1.165) is 24.8 Å². The fraction of sp³-hybridized carbons (Fsp3) is 0.692. The fourth-order valence-corrected chi connectivity index (χ4v) is 2.47. The molecule has 18 heavy (non-hydrogen) atoms. The normalized spacial score (nSPS) is 24.3. The zero-order chi connectivity index (χ0) is 13.1. The van der Waals surface area contributed by atoms with E-state index in [2.05, 4.69) is 28.7 Å². The highest BCUT2D eigenvalue weighted by Gasteiger charge is 2.24. The van der Waals surface area contributed by atoms with E-state index in [0.29, 0.717) is 23.5 Å². The number of methoxy groups -OCH3 is 1. The molecule has 2 unspecified atom stereocenters. The Hall–Kier alpha value is -0.870. The minimum Gasteiger partial charge on any atom is -0.377 e. The monoisotopic (exact) mass is 269 g/mol. The van der Waals surface area contributed by atoms with Crippen molar-refractivity contribution < 1.29 is 4.74 Å². The summed E-state index contributed by atoms with van der Waals surface area (Å²) in [5, 5.41) is 0.485. The van der Waals surface area contributed by atoms with Crippen LogP contribution in [-0.2, 0) is 11.3 Å². The second kappa shape index (κ2) is 5.85. The van der Waals surface area contributed by atoms with Gasteiger partial charge in [-0.05, 0) is 18.3 Å². The molecule has 1 aromatic heterocycles. The van der Waals surface area contributed by atoms with E-state index in [1.165, 1.54) is 6.42 Å². The average Bonchev–Trinajstić information content (AvgIpc) is 2.32. The fourth-order valence-electron chi connectivity index (χ4n) is 2.28. The molecular formula is C13H20ClN3O. The summed E-state index contributed by atoms with van der Waals surface area (Å²) in [5.41, 5.74) is 0. The predicted octanol–water partition coefficient (Wildman–Crippen LogP) is 2.76. The van der Waals surface area contributed by atoms with Gasteiger partial charge < -0.3 is 9.64 Å². The first-order valence-electron chi connectivity index (χ1n) is 6.37. The van der Waals surface area contributed by atoms with Crippen LogP contribution in [0.2, 0.25) is 5.15 Å². The molecule has 4 nitrogen and oxygen atoms in total. The number of halogens is 1. The Balaban J connectivity index is 2.17. The van der Waals surface area contributed by atoms with Crippen LogP contribution in [0.15, 0.2) is 6.07 Å². The zero-order valence-corrected chi connectivity index (χ0v) is 11.9. The van der Waals surface area contributed by atoms with Crippen molar-refractivity contribution in [2.45, 2.75) is 26.9 Å². The highest BCUT2D eigenvalue weighted by Crippen LogP contribution is 2.26. The van der Waals surface area contributed by atoms with Crippen LogP contribution in [0.1, 0.15) is 26.1 Å². The predicted molar refractivity (Wildman–Crippen MR) is 72.9 cm³/mol. The summed E-state index contributed by atoms with van der Waals surface area (Å²) < 4.78 is 5.06. The van der Waals surface area contributed by atoms with Gasteiger partial charge in [0.1, 0.15) is 17.6 Å². The molecule has 1 aliphatic heterocycles. The van der Waals surface area contributed by atoms with Crippen LogP contribution >= 0.6 is 11.6 Å². The first-order valence-corrected chi connectivity index (χ1v) is 6.75. The topological polar surface area (TPSA) is 38.2 Å². The van der Waals surface area contributed by atoms with E-state index < -0.39 is 0 Å². The lowest BCUT2D eigenvalue weighted by Gasteiger charge is -2.36. The van der Waals surface area contributed by atoms with Crippen LogP contribution in [0, 0.1) is 11.8 Å². The zero-order valence-electron chi connectivity index (χ0n) is 11.2. The molecule has 100 valence electrons. The maximum Gasteiger partial charge on any atom is 0.158 e. The van der Waals surface area contributed by atoms with Crippen molar-refractivity contribution in [1.82, 2.24) is 9.97 Å². The molecule has 2 rings (SSSR count). The van der Waals surface area contributed by atoms with E-state index in [4.69, 9.17) is 16.3 Å². The van der Waals surface area contributed by atoms with Gasteiger partial charge in [0.05, 0.1) is 0 Å². The molecule has 0 bridgehead atoms. The van der Waals surface area contributed by atoms with Gasteiger partial charge in [0.15, 0.2) is 5.82 Å². The molecule has 1 fully saturated rings. The average molecular weight is 270 g/mol. The second-order valence-electron chi connectivity index (χ2n) is 5.09. The summed E-state index contributed by atoms with van der Waals surface area (Å²) in [4.78, 5) is 11.0. The SMILES string of the molecule is COCc1nc(Cl)cc(N2CCC(C)C(C)C2)n1. The van der Waals surface area contributed by atoms with Crippen LogP contribution in [0.4, 0.5) is 5.82 Å². The molecule has 0 aromatic carbocycles. The molecule has 5 heteroatoms. The Labute approximate surface area is 113 Å². The largest absolute Gasteiger partial charge is 0.377 e. The van der Waals surface area contributed by atoms with Gasteiger partial charge in [-0.25, -0.2) is 9.97 Å². The van der Waals surface area contributed by atoms with Crippen LogP contribution in [0.5, 0.6) is 0 Å². The van der Waals surface area contributed by atoms with Crippen molar-refractivity contribution in [3.8, 4) is 0 Å². The summed E-state index contributed by atoms with van der Waals surface area (Å²) in [6, 6.07) is 1.84. The Morgan fingerprint density at radius 2 is 2.17 bits per heavy atom. The van der Waals surface area contributed by atoms with Gasteiger partial charge in [-0.2, -0.15) is 0 Å². The highest BCUT2D eigenvalue weighted by molar-refractivity contribution is 6.29. The minimum absolute atomic E-state index is 0.396. The van der Waals surface area contributed by atoms with E-state index >= 15 is 0 Å². The molecule has 1 aromatic rings. The van der Waals surface area contributed by atoms with Crippen LogP contribution in [-0.4, -0.2) is 30.2 Å². The van der Waals surface area contributed by atoms with Crippen molar-refractivity contribution in [3.05, 3.63) is 17.0 Å². The van der Waals surface area contributed by atoms with E-state index in [1.54, 1.807) is 7.11 Å². The molecule has 0 aliphatic carbocycles. The number of hydrogen-bond acceptors (Lipinski definition) is 4. The summed E-state index contributed by atoms with van der Waals surface area (Å²) in [7, 11) is 1.63. The number of hydrogen-bond donors (Lipinski definition) is 0. The van der Waals surface area contributed by atoms with Crippen molar-refractivity contribution in [3.63, 3.8) is 0 Å². The molecular weight excluding hydrogens is 250 g/mol. The summed E-state index contributed by atoms with van der Waals surface area (Å²) in [5.74, 6) is 3.02. The van der Waals surface area contributed by atoms with Gasteiger partial charge in [-0.15, -0.1) is 0 Å². The third-order valence-electron chi connectivity index (χ3n) is 3.66. The Morgan fingerprint density at radius 1 is 1.39 bits per heavy atom. The third-order valence-corrected chi connectivity index (χ3v) is 3.85. The van der Waals surface area contributed by atoms with Crippen molar-refractivity contribution >= 4 is 17.4 Å². The van der Waals surface area contributed by atoms with Gasteiger partial charge >= 0.3 is 0 Å². The summed E-state index contributed by atoms with van der Waals surface area (Å²) in [6.45, 7) is 7.06. The van der Waals surface area contributed by atoms with Crippen LogP contribution < -0.4 is 4.90 Å². The van der Waals surface area contributed by atoms with E-state index in [9.17, 15) is 0 Å². The number of piperidine rings is 1. The first-order chi connectivity index (χ1) is 8.60. The number of aromatic nitrogens is 2. The standard InChI is InChI=1S/C13H20ClN3O/c1-9-4-5-17(7-10(9)2)13-6-11(14)15-12(16-13)8-18-3/h6,9-10H,4-5,7-8H2,1-3H3. The minimum atomic E-state index is 0.396. The molecule has 0 amide bonds. The molecule has 0 saturated carbocycles. The molecule has 2 heterocycles. The van der Waals surface area contributed by atoms with Crippen LogP contribution in [0.25, 0.3) is 0 Å². The molecule has 0 spiro atoms. The van der Waals surface area contributed by atoms with Crippen molar-refractivity contribution in [2.75, 3.05) is 25.1 Å². The van der Waals surface area contributed by atoms with Gasteiger partial charge in [0.2, 0.25) is 0 Å². The van der Waals surface area contributed by atoms with Crippen LogP contribution in [0.3, 0.4) is 0 Å². The molecule has 2 atom stereocenters. The first kappa shape index (κ1) is 13.6. The van der Waals surface area contributed by atoms with E-state index in [-0.39, 0.29) is 0 Å². The van der Waals surface area contributed by atoms with Crippen molar-refractivity contribution in [2.24, 2.45) is 11.8 Å². The van der Waals surface area contributed by atoms with Crippen molar-refractivity contribution in [1.29, 1.82) is 0 Å². The lowest BCUT2D eigenvalue weighted by molar-refractivity contribution is 0.177. The third kappa shape index (κ3) is 3.12. The molecule has 0 radical (unpaired) electrons. The lowest BCUT2D eigenvalue weighted by atomic mass is 9.89. The Bertz CT molecular complexity index is 413. The van der Waals surface area contributed by atoms with Gasteiger partial charge in [0.25, 0.3) is 0 Å². The quantitative estimate of drug-likeness (QED) is 0.791. The van der Waals surface area contributed by atoms with E-state index in [1.807, 2.05) is 6.07 Å². The number of anilines is 1. The maximum absolute atomic E-state index is 6.04. The number of ether oxygens (including phenoxy) is 1. The van der Waals surface area contributed by atoms with Gasteiger partial charge in [0, 0.05) is 26.3 Å². The highest BCUT2D eigenvalue weighted by atomic mass is 35.5. The molecule has 0 N–H and O–H groups in total. The lowest BCUT2D eigenvalue weighted by Crippen LogP contribution is -2.39. The van der Waals surface area contributed by atoms with Gasteiger partial charge in [-0.3, -0.25) is 0 Å². The Kier molecular flexibility index (Phi) is 4.40. The number of nitrogens with zero attached hydrogens (tertiary/aromatic N) is 3. The molecule has 1 saturated heterocycles. The smallest absolute Gasteiger partial charge is 0.158 e. The molecule has 1 aliphatic rings. The number of rotatable bonds is 3. The Morgan fingerprint density at radius 3 is 2.83 bits per heavy atom. The summed E-state index contributed by atoms with van der Waals surface area (Å²) >= 11 is 6.04.